The zero-order valence-electron chi connectivity index (χ0n) is 9.65. The summed E-state index contributed by atoms with van der Waals surface area (Å²) in [6, 6.07) is 3.88. The van der Waals surface area contributed by atoms with Gasteiger partial charge in [-0.1, -0.05) is 17.7 Å². The summed E-state index contributed by atoms with van der Waals surface area (Å²) in [5.74, 6) is -2.81. The average Bonchev–Trinajstić information content (AvgIpc) is 2.39. The van der Waals surface area contributed by atoms with Crippen LogP contribution in [0, 0.1) is 11.6 Å². The highest BCUT2D eigenvalue weighted by Crippen LogP contribution is 2.31. The Labute approximate surface area is 112 Å². The minimum Gasteiger partial charge on any atom is -0.464 e. The van der Waals surface area contributed by atoms with E-state index in [-0.39, 0.29) is 10.6 Å². The van der Waals surface area contributed by atoms with Gasteiger partial charge in [0.05, 0.1) is 17.7 Å². The van der Waals surface area contributed by atoms with E-state index in [0.717, 1.165) is 19.5 Å². The number of aromatic nitrogens is 2. The first-order chi connectivity index (χ1) is 9.06. The fraction of sp³-hybridized carbons (Fsp3) is 0.0833. The van der Waals surface area contributed by atoms with E-state index in [1.54, 1.807) is 0 Å². The van der Waals surface area contributed by atoms with Gasteiger partial charge < -0.3 is 4.74 Å². The van der Waals surface area contributed by atoms with Crippen LogP contribution in [0.5, 0.6) is 0 Å². The van der Waals surface area contributed by atoms with Gasteiger partial charge in [-0.25, -0.2) is 23.5 Å². The summed E-state index contributed by atoms with van der Waals surface area (Å²) in [7, 11) is 1.08. The molecule has 0 atom stereocenters. The van der Waals surface area contributed by atoms with E-state index >= 15 is 0 Å². The van der Waals surface area contributed by atoms with Crippen LogP contribution < -0.4 is 0 Å². The molecule has 0 aliphatic heterocycles. The van der Waals surface area contributed by atoms with Gasteiger partial charge >= 0.3 is 5.97 Å². The topological polar surface area (TPSA) is 52.1 Å². The van der Waals surface area contributed by atoms with Crippen molar-refractivity contribution in [1.29, 1.82) is 0 Å². The molecule has 7 heteroatoms. The van der Waals surface area contributed by atoms with E-state index in [4.69, 9.17) is 11.6 Å². The number of hydrogen-bond acceptors (Lipinski definition) is 4. The Bertz CT molecular complexity index is 629. The number of methoxy groups -OCH3 is 1. The van der Waals surface area contributed by atoms with Gasteiger partial charge in [0, 0.05) is 0 Å². The summed E-state index contributed by atoms with van der Waals surface area (Å²) >= 11 is 5.82. The molecule has 0 unspecified atom stereocenters. The smallest absolute Gasteiger partial charge is 0.359 e. The maximum atomic E-state index is 14.1. The lowest BCUT2D eigenvalue weighted by atomic mass is 10.1. The lowest BCUT2D eigenvalue weighted by Crippen LogP contribution is -2.10. The van der Waals surface area contributed by atoms with E-state index in [1.807, 2.05) is 0 Å². The van der Waals surface area contributed by atoms with E-state index in [1.165, 1.54) is 12.1 Å². The Hall–Kier alpha value is -2.08. The van der Waals surface area contributed by atoms with Crippen molar-refractivity contribution in [2.24, 2.45) is 0 Å². The number of carbonyl (C=O) groups is 1. The number of carbonyl (C=O) groups excluding carboxylic acids is 1. The normalized spacial score (nSPS) is 10.3. The van der Waals surface area contributed by atoms with E-state index < -0.39 is 29.0 Å². The monoisotopic (exact) mass is 284 g/mol. The molecule has 0 bridgehead atoms. The quantitative estimate of drug-likeness (QED) is 0.796. The molecule has 2 aromatic rings. The molecule has 2 rings (SSSR count). The van der Waals surface area contributed by atoms with Gasteiger partial charge in [-0.3, -0.25) is 0 Å². The molecular weight excluding hydrogens is 278 g/mol. The third-order valence-electron chi connectivity index (χ3n) is 2.37. The standard InChI is InChI=1S/C12H7ClF2N2O2/c1-19-12(18)11-9(15)10(16-5-17-11)8-6(13)3-2-4-7(8)14/h2-5H,1H3. The van der Waals surface area contributed by atoms with Crippen LogP contribution in [-0.4, -0.2) is 23.0 Å². The van der Waals surface area contributed by atoms with Crippen molar-refractivity contribution in [3.05, 3.63) is 46.9 Å². The number of esters is 1. The highest BCUT2D eigenvalue weighted by molar-refractivity contribution is 6.33. The van der Waals surface area contributed by atoms with Gasteiger partial charge in [-0.05, 0) is 12.1 Å². The van der Waals surface area contributed by atoms with Crippen LogP contribution >= 0.6 is 11.6 Å². The number of ether oxygens (including phenoxy) is 1. The summed E-state index contributed by atoms with van der Waals surface area (Å²) in [5.41, 5.74) is -1.19. The number of benzene rings is 1. The number of rotatable bonds is 2. The SMILES string of the molecule is COC(=O)c1ncnc(-c2c(F)cccc2Cl)c1F. The van der Waals surface area contributed by atoms with Gasteiger partial charge in [0.25, 0.3) is 0 Å². The van der Waals surface area contributed by atoms with Crippen molar-refractivity contribution in [1.82, 2.24) is 9.97 Å². The molecule has 0 aliphatic rings. The van der Waals surface area contributed by atoms with Gasteiger partial charge in [0.2, 0.25) is 0 Å². The van der Waals surface area contributed by atoms with Gasteiger partial charge in [-0.2, -0.15) is 0 Å². The summed E-state index contributed by atoms with van der Waals surface area (Å²) in [6.45, 7) is 0. The Balaban J connectivity index is 2.67. The van der Waals surface area contributed by atoms with Crippen LogP contribution in [0.1, 0.15) is 10.5 Å². The third kappa shape index (κ3) is 2.39. The second kappa shape index (κ2) is 5.27. The Morgan fingerprint density at radius 3 is 2.68 bits per heavy atom. The zero-order chi connectivity index (χ0) is 14.0. The molecule has 0 amide bonds. The molecular formula is C12H7ClF2N2O2. The summed E-state index contributed by atoms with van der Waals surface area (Å²) in [5, 5.41) is -0.0200. The minimum absolute atomic E-state index is 0.0200. The first-order valence-corrected chi connectivity index (χ1v) is 5.47. The van der Waals surface area contributed by atoms with Crippen molar-refractivity contribution in [2.75, 3.05) is 7.11 Å². The molecule has 0 fully saturated rings. The van der Waals surface area contributed by atoms with Crippen molar-refractivity contribution in [3.63, 3.8) is 0 Å². The van der Waals surface area contributed by atoms with Crippen LogP contribution in [0.2, 0.25) is 5.02 Å². The summed E-state index contributed by atoms with van der Waals surface area (Å²) < 4.78 is 32.2. The predicted molar refractivity (Wildman–Crippen MR) is 63.7 cm³/mol. The van der Waals surface area contributed by atoms with Gasteiger partial charge in [0.15, 0.2) is 11.5 Å². The van der Waals surface area contributed by atoms with Crippen LogP contribution in [0.4, 0.5) is 8.78 Å². The van der Waals surface area contributed by atoms with Crippen molar-refractivity contribution >= 4 is 17.6 Å². The predicted octanol–water partition coefficient (Wildman–Crippen LogP) is 2.86. The Morgan fingerprint density at radius 2 is 2.05 bits per heavy atom. The molecule has 0 saturated carbocycles. The maximum Gasteiger partial charge on any atom is 0.359 e. The molecule has 98 valence electrons. The van der Waals surface area contributed by atoms with Crippen LogP contribution in [0.25, 0.3) is 11.3 Å². The van der Waals surface area contributed by atoms with Crippen molar-refractivity contribution in [3.8, 4) is 11.3 Å². The van der Waals surface area contributed by atoms with Gasteiger partial charge in [0.1, 0.15) is 17.8 Å². The largest absolute Gasteiger partial charge is 0.464 e. The number of hydrogen-bond donors (Lipinski definition) is 0. The lowest BCUT2D eigenvalue weighted by Gasteiger charge is -2.07. The maximum absolute atomic E-state index is 14.1. The Morgan fingerprint density at radius 1 is 1.32 bits per heavy atom. The molecule has 1 aromatic heterocycles. The zero-order valence-corrected chi connectivity index (χ0v) is 10.4. The van der Waals surface area contributed by atoms with Crippen LogP contribution in [-0.2, 0) is 4.74 Å². The average molecular weight is 285 g/mol. The molecule has 19 heavy (non-hydrogen) atoms. The first-order valence-electron chi connectivity index (χ1n) is 5.09. The Kier molecular flexibility index (Phi) is 3.71. The van der Waals surface area contributed by atoms with E-state index in [2.05, 4.69) is 14.7 Å². The lowest BCUT2D eigenvalue weighted by molar-refractivity contribution is 0.0588. The highest BCUT2D eigenvalue weighted by atomic mass is 35.5. The number of nitrogens with zero attached hydrogens (tertiary/aromatic N) is 2. The van der Waals surface area contributed by atoms with Crippen LogP contribution in [0.3, 0.4) is 0 Å². The molecule has 0 saturated heterocycles. The van der Waals surface area contributed by atoms with Crippen molar-refractivity contribution < 1.29 is 18.3 Å². The molecule has 0 radical (unpaired) electrons. The second-order valence-electron chi connectivity index (χ2n) is 3.47. The second-order valence-corrected chi connectivity index (χ2v) is 3.88. The minimum atomic E-state index is -1.08. The highest BCUT2D eigenvalue weighted by Gasteiger charge is 2.22. The molecule has 1 heterocycles. The van der Waals surface area contributed by atoms with Crippen LogP contribution in [0.15, 0.2) is 24.5 Å². The molecule has 4 nitrogen and oxygen atoms in total. The summed E-state index contributed by atoms with van der Waals surface area (Å²) in [6.07, 6.45) is 0.938. The molecule has 0 spiro atoms. The number of halogens is 3. The fourth-order valence-corrected chi connectivity index (χ4v) is 1.76. The fourth-order valence-electron chi connectivity index (χ4n) is 1.51. The molecule has 0 N–H and O–H groups in total. The molecule has 1 aromatic carbocycles. The van der Waals surface area contributed by atoms with E-state index in [0.29, 0.717) is 0 Å². The van der Waals surface area contributed by atoms with E-state index in [9.17, 15) is 13.6 Å². The van der Waals surface area contributed by atoms with Crippen molar-refractivity contribution in [2.45, 2.75) is 0 Å². The first kappa shape index (κ1) is 13.4. The summed E-state index contributed by atoms with van der Waals surface area (Å²) in [4.78, 5) is 18.4. The third-order valence-corrected chi connectivity index (χ3v) is 2.68. The van der Waals surface area contributed by atoms with Gasteiger partial charge in [-0.15, -0.1) is 0 Å². The molecule has 0 aliphatic carbocycles.